The van der Waals surface area contributed by atoms with Crippen molar-refractivity contribution in [2.75, 3.05) is 7.11 Å². The summed E-state index contributed by atoms with van der Waals surface area (Å²) in [6, 6.07) is 0. The fourth-order valence-corrected chi connectivity index (χ4v) is 3.01. The fourth-order valence-electron chi connectivity index (χ4n) is 2.18. The molecule has 4 heteroatoms. The van der Waals surface area contributed by atoms with Crippen LogP contribution in [0.1, 0.15) is 37.3 Å². The van der Waals surface area contributed by atoms with Gasteiger partial charge in [-0.2, -0.15) is 5.10 Å². The SMILES string of the molecule is COc1c(Br)c(C2CCCC2)nn1C. The van der Waals surface area contributed by atoms with Gasteiger partial charge in [-0.1, -0.05) is 12.8 Å². The van der Waals surface area contributed by atoms with Crippen LogP contribution in [0.5, 0.6) is 5.88 Å². The zero-order valence-corrected chi connectivity index (χ0v) is 10.2. The van der Waals surface area contributed by atoms with E-state index in [0.29, 0.717) is 5.92 Å². The molecule has 1 heterocycles. The average molecular weight is 259 g/mol. The van der Waals surface area contributed by atoms with Crippen LogP contribution in [-0.4, -0.2) is 16.9 Å². The Labute approximate surface area is 92.6 Å². The van der Waals surface area contributed by atoms with Gasteiger partial charge in [-0.15, -0.1) is 0 Å². The van der Waals surface area contributed by atoms with Crippen LogP contribution in [0.2, 0.25) is 0 Å². The summed E-state index contributed by atoms with van der Waals surface area (Å²) in [7, 11) is 3.60. The monoisotopic (exact) mass is 258 g/mol. The summed E-state index contributed by atoms with van der Waals surface area (Å²) in [5.74, 6) is 1.45. The maximum atomic E-state index is 5.27. The van der Waals surface area contributed by atoms with Gasteiger partial charge in [0.15, 0.2) is 0 Å². The molecule has 1 saturated carbocycles. The van der Waals surface area contributed by atoms with Crippen LogP contribution in [-0.2, 0) is 7.05 Å². The molecule has 1 aromatic heterocycles. The second kappa shape index (κ2) is 3.93. The summed E-state index contributed by atoms with van der Waals surface area (Å²) in [4.78, 5) is 0. The summed E-state index contributed by atoms with van der Waals surface area (Å²) in [6.07, 6.45) is 5.18. The van der Waals surface area contributed by atoms with Gasteiger partial charge in [0.25, 0.3) is 0 Å². The Morgan fingerprint density at radius 3 is 2.57 bits per heavy atom. The number of methoxy groups -OCH3 is 1. The van der Waals surface area contributed by atoms with E-state index in [1.807, 2.05) is 7.05 Å². The van der Waals surface area contributed by atoms with E-state index in [4.69, 9.17) is 4.74 Å². The van der Waals surface area contributed by atoms with Gasteiger partial charge in [-0.3, -0.25) is 0 Å². The van der Waals surface area contributed by atoms with Crippen molar-refractivity contribution in [1.29, 1.82) is 0 Å². The molecule has 1 aliphatic rings. The third-order valence-corrected chi connectivity index (χ3v) is 3.64. The van der Waals surface area contributed by atoms with Crippen molar-refractivity contribution < 1.29 is 4.74 Å². The molecular weight excluding hydrogens is 244 g/mol. The number of hydrogen-bond acceptors (Lipinski definition) is 2. The molecule has 2 rings (SSSR count). The van der Waals surface area contributed by atoms with Gasteiger partial charge < -0.3 is 4.74 Å². The number of aryl methyl sites for hydroxylation is 1. The molecule has 0 bridgehead atoms. The molecule has 0 amide bonds. The summed E-state index contributed by atoms with van der Waals surface area (Å²) in [6.45, 7) is 0. The Bertz CT molecular complexity index is 329. The fraction of sp³-hybridized carbons (Fsp3) is 0.700. The van der Waals surface area contributed by atoms with Gasteiger partial charge in [0.1, 0.15) is 4.47 Å². The number of nitrogens with zero attached hydrogens (tertiary/aromatic N) is 2. The minimum Gasteiger partial charge on any atom is -0.480 e. The first kappa shape index (κ1) is 10.0. The normalized spacial score (nSPS) is 17.6. The number of hydrogen-bond donors (Lipinski definition) is 0. The van der Waals surface area contributed by atoms with Crippen LogP contribution < -0.4 is 4.74 Å². The largest absolute Gasteiger partial charge is 0.480 e. The molecule has 0 aromatic carbocycles. The lowest BCUT2D eigenvalue weighted by Crippen LogP contribution is -1.97. The lowest BCUT2D eigenvalue weighted by Gasteiger charge is -2.04. The van der Waals surface area contributed by atoms with E-state index in [0.717, 1.165) is 10.4 Å². The van der Waals surface area contributed by atoms with Crippen LogP contribution in [0.25, 0.3) is 0 Å². The standard InChI is InChI=1S/C10H15BrN2O/c1-13-10(14-2)8(11)9(12-13)7-5-3-4-6-7/h7H,3-6H2,1-2H3. The Kier molecular flexibility index (Phi) is 2.81. The molecular formula is C10H15BrN2O. The minimum absolute atomic E-state index is 0.625. The molecule has 0 saturated heterocycles. The van der Waals surface area contributed by atoms with Crippen LogP contribution in [0.3, 0.4) is 0 Å². The first-order valence-corrected chi connectivity index (χ1v) is 5.79. The Balaban J connectivity index is 2.33. The second-order valence-electron chi connectivity index (χ2n) is 3.81. The first-order valence-electron chi connectivity index (χ1n) is 5.00. The maximum absolute atomic E-state index is 5.27. The smallest absolute Gasteiger partial charge is 0.226 e. The molecule has 0 unspecified atom stereocenters. The lowest BCUT2D eigenvalue weighted by molar-refractivity contribution is 0.371. The van der Waals surface area contributed by atoms with Gasteiger partial charge in [0.05, 0.1) is 12.8 Å². The van der Waals surface area contributed by atoms with Gasteiger partial charge in [0.2, 0.25) is 5.88 Å². The van der Waals surface area contributed by atoms with Crippen LogP contribution >= 0.6 is 15.9 Å². The number of halogens is 1. The van der Waals surface area contributed by atoms with Crippen LogP contribution in [0.4, 0.5) is 0 Å². The van der Waals surface area contributed by atoms with Crippen LogP contribution in [0.15, 0.2) is 4.47 Å². The highest BCUT2D eigenvalue weighted by Gasteiger charge is 2.25. The number of ether oxygens (including phenoxy) is 1. The predicted molar refractivity (Wildman–Crippen MR) is 58.7 cm³/mol. The van der Waals surface area contributed by atoms with E-state index >= 15 is 0 Å². The number of rotatable bonds is 2. The highest BCUT2D eigenvalue weighted by atomic mass is 79.9. The van der Waals surface area contributed by atoms with Gasteiger partial charge in [-0.25, -0.2) is 4.68 Å². The molecule has 0 atom stereocenters. The molecule has 0 spiro atoms. The third-order valence-electron chi connectivity index (χ3n) is 2.90. The highest BCUT2D eigenvalue weighted by molar-refractivity contribution is 9.10. The van der Waals surface area contributed by atoms with Crippen LogP contribution in [0, 0.1) is 0 Å². The van der Waals surface area contributed by atoms with Crippen molar-refractivity contribution in [1.82, 2.24) is 9.78 Å². The molecule has 1 fully saturated rings. The zero-order valence-electron chi connectivity index (χ0n) is 8.59. The Morgan fingerprint density at radius 1 is 1.43 bits per heavy atom. The topological polar surface area (TPSA) is 27.1 Å². The summed E-state index contributed by atoms with van der Waals surface area (Å²) in [5.41, 5.74) is 1.17. The van der Waals surface area contributed by atoms with E-state index in [2.05, 4.69) is 21.0 Å². The summed E-state index contributed by atoms with van der Waals surface area (Å²) < 4.78 is 8.11. The van der Waals surface area contributed by atoms with Crippen molar-refractivity contribution in [3.05, 3.63) is 10.2 Å². The molecule has 1 aromatic rings. The third kappa shape index (κ3) is 1.56. The number of aromatic nitrogens is 2. The Hall–Kier alpha value is -0.510. The van der Waals surface area contributed by atoms with Crippen molar-refractivity contribution >= 4 is 15.9 Å². The first-order chi connectivity index (χ1) is 6.74. The molecule has 0 radical (unpaired) electrons. The molecule has 1 aliphatic carbocycles. The van der Waals surface area contributed by atoms with Gasteiger partial charge in [-0.05, 0) is 28.8 Å². The van der Waals surface area contributed by atoms with E-state index in [1.54, 1.807) is 11.8 Å². The summed E-state index contributed by atoms with van der Waals surface area (Å²) in [5, 5.41) is 4.51. The molecule has 0 aliphatic heterocycles. The molecule has 3 nitrogen and oxygen atoms in total. The summed E-state index contributed by atoms with van der Waals surface area (Å²) >= 11 is 3.56. The van der Waals surface area contributed by atoms with E-state index in [1.165, 1.54) is 31.4 Å². The molecule has 14 heavy (non-hydrogen) atoms. The molecule has 78 valence electrons. The average Bonchev–Trinajstić information content (AvgIpc) is 2.74. The zero-order chi connectivity index (χ0) is 10.1. The van der Waals surface area contributed by atoms with Crippen molar-refractivity contribution in [2.24, 2.45) is 7.05 Å². The minimum atomic E-state index is 0.625. The van der Waals surface area contributed by atoms with Crippen molar-refractivity contribution in [3.63, 3.8) is 0 Å². The van der Waals surface area contributed by atoms with Crippen molar-refractivity contribution in [3.8, 4) is 5.88 Å². The van der Waals surface area contributed by atoms with E-state index in [-0.39, 0.29) is 0 Å². The quantitative estimate of drug-likeness (QED) is 0.816. The molecule has 0 N–H and O–H groups in total. The lowest BCUT2D eigenvalue weighted by atomic mass is 10.1. The van der Waals surface area contributed by atoms with Gasteiger partial charge in [0, 0.05) is 13.0 Å². The highest BCUT2D eigenvalue weighted by Crippen LogP contribution is 2.40. The van der Waals surface area contributed by atoms with Gasteiger partial charge >= 0.3 is 0 Å². The van der Waals surface area contributed by atoms with E-state index in [9.17, 15) is 0 Å². The van der Waals surface area contributed by atoms with E-state index < -0.39 is 0 Å². The predicted octanol–water partition coefficient (Wildman–Crippen LogP) is 2.85. The second-order valence-corrected chi connectivity index (χ2v) is 4.61. The maximum Gasteiger partial charge on any atom is 0.226 e. The van der Waals surface area contributed by atoms with Crippen molar-refractivity contribution in [2.45, 2.75) is 31.6 Å². The Morgan fingerprint density at radius 2 is 2.07 bits per heavy atom.